The van der Waals surface area contributed by atoms with Crippen molar-refractivity contribution in [1.29, 1.82) is 5.26 Å². The van der Waals surface area contributed by atoms with Gasteiger partial charge in [0.25, 0.3) is 0 Å². The highest BCUT2D eigenvalue weighted by Crippen LogP contribution is 2.27. The molecule has 0 amide bonds. The predicted molar refractivity (Wildman–Crippen MR) is 109 cm³/mol. The summed E-state index contributed by atoms with van der Waals surface area (Å²) in [6.07, 6.45) is 0. The van der Waals surface area contributed by atoms with E-state index in [1.165, 1.54) is 6.07 Å². The van der Waals surface area contributed by atoms with Crippen molar-refractivity contribution < 1.29 is 4.74 Å². The zero-order valence-electron chi connectivity index (χ0n) is 14.9. The lowest BCUT2D eigenvalue weighted by Crippen LogP contribution is -2.09. The van der Waals surface area contributed by atoms with E-state index in [0.717, 1.165) is 16.9 Å². The van der Waals surface area contributed by atoms with Gasteiger partial charge in [-0.05, 0) is 47.5 Å². The maximum Gasteiger partial charge on any atom is 0.200 e. The van der Waals surface area contributed by atoms with Crippen LogP contribution in [0.2, 0.25) is 0 Å². The van der Waals surface area contributed by atoms with Crippen LogP contribution in [0.4, 0.5) is 0 Å². The van der Waals surface area contributed by atoms with Gasteiger partial charge in [-0.1, -0.05) is 48.5 Å². The molecule has 0 fully saturated rings. The molecular weight excluding hydrogens is 348 g/mol. The van der Waals surface area contributed by atoms with Crippen molar-refractivity contribution in [2.45, 2.75) is 0 Å². The highest BCUT2D eigenvalue weighted by molar-refractivity contribution is 5.71. The second kappa shape index (κ2) is 7.65. The molecule has 4 heteroatoms. The van der Waals surface area contributed by atoms with Gasteiger partial charge in [-0.25, -0.2) is 0 Å². The highest BCUT2D eigenvalue weighted by atomic mass is 16.5. The normalized spacial score (nSPS) is 10.2. The smallest absolute Gasteiger partial charge is 0.200 e. The number of hydrogen-bond donors (Lipinski definition) is 1. The van der Waals surface area contributed by atoms with Gasteiger partial charge in [-0.15, -0.1) is 0 Å². The number of benzene rings is 3. The van der Waals surface area contributed by atoms with E-state index in [2.05, 4.69) is 4.98 Å². The molecule has 0 unspecified atom stereocenters. The molecule has 4 aromatic rings. The molecule has 134 valence electrons. The van der Waals surface area contributed by atoms with Crippen LogP contribution in [0.15, 0.2) is 95.8 Å². The molecule has 1 N–H and O–H groups in total. The number of nitrogens with one attached hydrogen (secondary N) is 1. The summed E-state index contributed by atoms with van der Waals surface area (Å²) in [6, 6.07) is 29.8. The number of nitrogens with zero attached hydrogens (tertiary/aromatic N) is 1. The Balaban J connectivity index is 1.73. The van der Waals surface area contributed by atoms with Crippen molar-refractivity contribution in [3.63, 3.8) is 0 Å². The summed E-state index contributed by atoms with van der Waals surface area (Å²) >= 11 is 0. The van der Waals surface area contributed by atoms with E-state index in [1.54, 1.807) is 0 Å². The lowest BCUT2D eigenvalue weighted by atomic mass is 10.0. The van der Waals surface area contributed by atoms with Crippen LogP contribution in [0.1, 0.15) is 5.56 Å². The third-order valence-electron chi connectivity index (χ3n) is 4.35. The maximum absolute atomic E-state index is 12.5. The summed E-state index contributed by atoms with van der Waals surface area (Å²) in [5, 5.41) is 9.48. The summed E-state index contributed by atoms with van der Waals surface area (Å²) in [7, 11) is 0. The molecule has 4 rings (SSSR count). The van der Waals surface area contributed by atoms with Crippen LogP contribution in [0.5, 0.6) is 11.5 Å². The number of rotatable bonds is 4. The minimum atomic E-state index is -0.306. The van der Waals surface area contributed by atoms with Gasteiger partial charge >= 0.3 is 0 Å². The fraction of sp³-hybridized carbons (Fsp3) is 0. The molecule has 0 atom stereocenters. The number of ether oxygens (including phenoxy) is 1. The zero-order chi connectivity index (χ0) is 19.3. The topological polar surface area (TPSA) is 65.9 Å². The molecule has 0 bridgehead atoms. The number of para-hydroxylation sites is 1. The van der Waals surface area contributed by atoms with Crippen LogP contribution < -0.4 is 10.2 Å². The summed E-state index contributed by atoms with van der Waals surface area (Å²) in [5.74, 6) is 1.42. The molecule has 0 aliphatic heterocycles. The van der Waals surface area contributed by atoms with Crippen LogP contribution in [0.3, 0.4) is 0 Å². The van der Waals surface area contributed by atoms with Crippen molar-refractivity contribution in [3.8, 4) is 40.1 Å². The Hall–Kier alpha value is -4.10. The predicted octanol–water partition coefficient (Wildman–Crippen LogP) is 5.37. The minimum Gasteiger partial charge on any atom is -0.457 e. The van der Waals surface area contributed by atoms with Crippen LogP contribution in [0, 0.1) is 11.3 Å². The Kier molecular flexibility index (Phi) is 4.73. The summed E-state index contributed by atoms with van der Waals surface area (Å²) in [5.41, 5.74) is 2.58. The van der Waals surface area contributed by atoms with Crippen molar-refractivity contribution in [3.05, 3.63) is 107 Å². The third-order valence-corrected chi connectivity index (χ3v) is 4.35. The Morgan fingerprint density at radius 3 is 2.00 bits per heavy atom. The van der Waals surface area contributed by atoms with Gasteiger partial charge in [0.15, 0.2) is 0 Å². The van der Waals surface area contributed by atoms with Gasteiger partial charge in [0.1, 0.15) is 23.1 Å². The van der Waals surface area contributed by atoms with Crippen LogP contribution >= 0.6 is 0 Å². The fourth-order valence-electron chi connectivity index (χ4n) is 2.97. The molecule has 0 aliphatic rings. The van der Waals surface area contributed by atoms with Gasteiger partial charge in [-0.2, -0.15) is 5.26 Å². The lowest BCUT2D eigenvalue weighted by Gasteiger charge is -2.10. The van der Waals surface area contributed by atoms with Crippen molar-refractivity contribution >= 4 is 0 Å². The molecule has 0 aliphatic carbocycles. The van der Waals surface area contributed by atoms with Crippen LogP contribution in [0.25, 0.3) is 22.5 Å². The van der Waals surface area contributed by atoms with Gasteiger partial charge in [0.2, 0.25) is 5.43 Å². The quantitative estimate of drug-likeness (QED) is 0.529. The van der Waals surface area contributed by atoms with Crippen molar-refractivity contribution in [2.24, 2.45) is 0 Å². The Bertz CT molecular complexity index is 1190. The van der Waals surface area contributed by atoms with Gasteiger partial charge < -0.3 is 9.72 Å². The number of aromatic amines is 1. The molecule has 28 heavy (non-hydrogen) atoms. The molecule has 0 spiro atoms. The van der Waals surface area contributed by atoms with Crippen LogP contribution in [-0.4, -0.2) is 4.98 Å². The average molecular weight is 364 g/mol. The number of aromatic nitrogens is 1. The first-order valence-corrected chi connectivity index (χ1v) is 8.81. The van der Waals surface area contributed by atoms with Crippen LogP contribution in [-0.2, 0) is 0 Å². The molecule has 4 nitrogen and oxygen atoms in total. The first kappa shape index (κ1) is 17.3. The SMILES string of the molecule is N#Cc1c(-c2ccc(Oc3ccccc3)cc2)[nH]c(-c2ccccc2)cc1=O. The molecule has 0 saturated heterocycles. The average Bonchev–Trinajstić information content (AvgIpc) is 2.75. The number of hydrogen-bond acceptors (Lipinski definition) is 3. The van der Waals surface area contributed by atoms with E-state index < -0.39 is 0 Å². The largest absolute Gasteiger partial charge is 0.457 e. The molecule has 0 radical (unpaired) electrons. The summed E-state index contributed by atoms with van der Waals surface area (Å²) in [4.78, 5) is 15.7. The van der Waals surface area contributed by atoms with Crippen molar-refractivity contribution in [1.82, 2.24) is 4.98 Å². The molecule has 3 aromatic carbocycles. The number of nitriles is 1. The van der Waals surface area contributed by atoms with E-state index in [9.17, 15) is 10.1 Å². The Morgan fingerprint density at radius 2 is 1.36 bits per heavy atom. The zero-order valence-corrected chi connectivity index (χ0v) is 14.9. The molecule has 1 heterocycles. The van der Waals surface area contributed by atoms with E-state index in [0.29, 0.717) is 17.1 Å². The summed E-state index contributed by atoms with van der Waals surface area (Å²) < 4.78 is 5.81. The first-order chi connectivity index (χ1) is 13.7. The van der Waals surface area contributed by atoms with E-state index in [4.69, 9.17) is 4.74 Å². The fourth-order valence-corrected chi connectivity index (χ4v) is 2.97. The third kappa shape index (κ3) is 3.55. The standard InChI is InChI=1S/C24H16N2O2/c25-16-21-23(27)15-22(17-7-3-1-4-8-17)26-24(21)18-11-13-20(14-12-18)28-19-9-5-2-6-10-19/h1-15H,(H,26,27). The van der Waals surface area contributed by atoms with E-state index >= 15 is 0 Å². The minimum absolute atomic E-state index is 0.0939. The second-order valence-electron chi connectivity index (χ2n) is 6.21. The molecule has 1 aromatic heterocycles. The van der Waals surface area contributed by atoms with E-state index in [-0.39, 0.29) is 11.0 Å². The number of pyridine rings is 1. The number of H-pyrrole nitrogens is 1. The van der Waals surface area contributed by atoms with E-state index in [1.807, 2.05) is 91.0 Å². The lowest BCUT2D eigenvalue weighted by molar-refractivity contribution is 0.483. The van der Waals surface area contributed by atoms with Gasteiger partial charge in [0, 0.05) is 11.8 Å². The van der Waals surface area contributed by atoms with Crippen molar-refractivity contribution in [2.75, 3.05) is 0 Å². The van der Waals surface area contributed by atoms with Gasteiger partial charge in [0.05, 0.1) is 5.69 Å². The highest BCUT2D eigenvalue weighted by Gasteiger charge is 2.12. The molecule has 0 saturated carbocycles. The second-order valence-corrected chi connectivity index (χ2v) is 6.21. The monoisotopic (exact) mass is 364 g/mol. The first-order valence-electron chi connectivity index (χ1n) is 8.81. The summed E-state index contributed by atoms with van der Waals surface area (Å²) in [6.45, 7) is 0. The van der Waals surface area contributed by atoms with Gasteiger partial charge in [-0.3, -0.25) is 4.79 Å². The Labute approximate surface area is 162 Å². The maximum atomic E-state index is 12.5. The molecular formula is C24H16N2O2. The Morgan fingerprint density at radius 1 is 0.750 bits per heavy atom.